The van der Waals surface area contributed by atoms with Crippen molar-refractivity contribution in [2.75, 3.05) is 32.8 Å². The fraction of sp³-hybridized carbons (Fsp3) is 0.611. The van der Waals surface area contributed by atoms with Gasteiger partial charge >= 0.3 is 5.97 Å². The summed E-state index contributed by atoms with van der Waals surface area (Å²) in [4.78, 5) is 58.6. The predicted octanol–water partition coefficient (Wildman–Crippen LogP) is 4.47. The Kier molecular flexibility index (Phi) is 13.6. The number of ether oxygens (including phenoxy) is 2. The fourth-order valence-corrected chi connectivity index (χ4v) is 8.25. The molecule has 7 atom stereocenters. The van der Waals surface area contributed by atoms with Gasteiger partial charge in [0, 0.05) is 37.5 Å². The summed E-state index contributed by atoms with van der Waals surface area (Å²) < 4.78 is 12.8. The van der Waals surface area contributed by atoms with E-state index in [9.17, 15) is 24.3 Å². The molecule has 1 unspecified atom stereocenters. The first-order valence-corrected chi connectivity index (χ1v) is 17.9. The molecule has 0 saturated carbocycles. The number of carbonyl (C=O) groups excluding carboxylic acids is 4. The molecule has 0 aliphatic carbocycles. The Morgan fingerprint density at radius 1 is 1.17 bits per heavy atom. The summed E-state index contributed by atoms with van der Waals surface area (Å²) in [7, 11) is 0. The molecule has 47 heavy (non-hydrogen) atoms. The monoisotopic (exact) mass is 715 g/mol. The molecule has 10 nitrogen and oxygen atoms in total. The minimum absolute atomic E-state index is 0.0503. The SMILES string of the molecule is C=CCCC(=O)NC[C@H](OC(=O)[C@@H]1[C@H]2O[C@@]3(CC2Br)[C@H](C(=O)N(CC=C)CCCCC)N(CCCCCO)C(=O)[C@@H]13)c1ccccc1. The van der Waals surface area contributed by atoms with Crippen LogP contribution in [0.3, 0.4) is 0 Å². The van der Waals surface area contributed by atoms with Crippen molar-refractivity contribution >= 4 is 39.6 Å². The number of aliphatic hydroxyl groups excluding tert-OH is 1. The van der Waals surface area contributed by atoms with Crippen LogP contribution in [-0.4, -0.2) is 94.0 Å². The first-order valence-electron chi connectivity index (χ1n) is 17.0. The smallest absolute Gasteiger partial charge is 0.313 e. The van der Waals surface area contributed by atoms with Crippen molar-refractivity contribution in [3.63, 3.8) is 0 Å². The summed E-state index contributed by atoms with van der Waals surface area (Å²) in [5.41, 5.74) is -0.485. The average molecular weight is 717 g/mol. The third-order valence-electron chi connectivity index (χ3n) is 9.54. The zero-order valence-corrected chi connectivity index (χ0v) is 29.1. The van der Waals surface area contributed by atoms with Crippen molar-refractivity contribution in [1.29, 1.82) is 0 Å². The lowest BCUT2D eigenvalue weighted by Crippen LogP contribution is -2.57. The number of alkyl halides is 1. The van der Waals surface area contributed by atoms with Gasteiger partial charge in [0.05, 0.1) is 24.5 Å². The number of benzene rings is 1. The minimum atomic E-state index is -1.20. The van der Waals surface area contributed by atoms with Crippen molar-refractivity contribution in [1.82, 2.24) is 15.1 Å². The van der Waals surface area contributed by atoms with Gasteiger partial charge in [-0.1, -0.05) is 78.2 Å². The number of fused-ring (bicyclic) bond motifs is 1. The quantitative estimate of drug-likeness (QED) is 0.0884. The van der Waals surface area contributed by atoms with Gasteiger partial charge in [-0.3, -0.25) is 19.2 Å². The van der Waals surface area contributed by atoms with E-state index in [0.717, 1.165) is 19.3 Å². The van der Waals surface area contributed by atoms with Crippen molar-refractivity contribution in [2.24, 2.45) is 11.8 Å². The minimum Gasteiger partial charge on any atom is -0.455 e. The predicted molar refractivity (Wildman–Crippen MR) is 182 cm³/mol. The number of nitrogens with zero attached hydrogens (tertiary/aromatic N) is 2. The molecule has 3 amide bonds. The third-order valence-corrected chi connectivity index (χ3v) is 10.4. The number of allylic oxidation sites excluding steroid dienone is 1. The Morgan fingerprint density at radius 3 is 2.62 bits per heavy atom. The molecule has 0 radical (unpaired) electrons. The van der Waals surface area contributed by atoms with E-state index in [0.29, 0.717) is 57.3 Å². The van der Waals surface area contributed by atoms with Crippen LogP contribution < -0.4 is 5.32 Å². The van der Waals surface area contributed by atoms with Gasteiger partial charge in [-0.2, -0.15) is 0 Å². The van der Waals surface area contributed by atoms with Gasteiger partial charge in [0.15, 0.2) is 0 Å². The number of hydrogen-bond donors (Lipinski definition) is 2. The Morgan fingerprint density at radius 2 is 1.94 bits per heavy atom. The van der Waals surface area contributed by atoms with Crippen LogP contribution in [0.2, 0.25) is 0 Å². The molecule has 3 aliphatic rings. The van der Waals surface area contributed by atoms with Crippen LogP contribution in [0.5, 0.6) is 0 Å². The Bertz CT molecular complexity index is 1260. The molecule has 4 rings (SSSR count). The number of likely N-dealkylation sites (tertiary alicyclic amines) is 1. The van der Waals surface area contributed by atoms with Crippen molar-refractivity contribution < 1.29 is 33.8 Å². The lowest BCUT2D eigenvalue weighted by atomic mass is 9.70. The average Bonchev–Trinajstić information content (AvgIpc) is 3.66. The van der Waals surface area contributed by atoms with Gasteiger partial charge in [-0.15, -0.1) is 13.2 Å². The van der Waals surface area contributed by atoms with E-state index < -0.39 is 41.7 Å². The maximum absolute atomic E-state index is 14.5. The summed E-state index contributed by atoms with van der Waals surface area (Å²) in [6.45, 7) is 10.9. The van der Waals surface area contributed by atoms with Gasteiger partial charge in [-0.05, 0) is 44.1 Å². The molecule has 0 aromatic heterocycles. The first-order chi connectivity index (χ1) is 22.7. The third kappa shape index (κ3) is 8.17. The molecule has 1 aromatic rings. The molecular formula is C36H50BrN3O7. The Balaban J connectivity index is 1.64. The van der Waals surface area contributed by atoms with Crippen LogP contribution in [0.1, 0.15) is 76.4 Å². The molecule has 2 bridgehead atoms. The summed E-state index contributed by atoms with van der Waals surface area (Å²) in [6, 6.07) is 8.29. The van der Waals surface area contributed by atoms with Crippen LogP contribution in [0.4, 0.5) is 0 Å². The van der Waals surface area contributed by atoms with Crippen molar-refractivity contribution in [2.45, 2.75) is 93.4 Å². The van der Waals surface area contributed by atoms with E-state index >= 15 is 0 Å². The zero-order chi connectivity index (χ0) is 34.0. The maximum Gasteiger partial charge on any atom is 0.313 e. The molecular weight excluding hydrogens is 666 g/mol. The number of unbranched alkanes of at least 4 members (excludes halogenated alkanes) is 4. The van der Waals surface area contributed by atoms with Crippen molar-refractivity contribution in [3.8, 4) is 0 Å². The van der Waals surface area contributed by atoms with E-state index in [2.05, 4.69) is 41.3 Å². The van der Waals surface area contributed by atoms with Crippen LogP contribution in [-0.2, 0) is 28.7 Å². The second-order valence-corrected chi connectivity index (χ2v) is 13.9. The highest BCUT2D eigenvalue weighted by Gasteiger charge is 2.77. The summed E-state index contributed by atoms with van der Waals surface area (Å²) in [6.07, 6.45) is 7.82. The second-order valence-electron chi connectivity index (χ2n) is 12.7. The molecule has 258 valence electrons. The second kappa shape index (κ2) is 17.4. The molecule has 3 aliphatic heterocycles. The highest BCUT2D eigenvalue weighted by Crippen LogP contribution is 2.60. The summed E-state index contributed by atoms with van der Waals surface area (Å²) >= 11 is 3.73. The van der Waals surface area contributed by atoms with Gasteiger partial charge in [0.2, 0.25) is 17.7 Å². The lowest BCUT2D eigenvalue weighted by molar-refractivity contribution is -0.160. The van der Waals surface area contributed by atoms with Gasteiger partial charge in [0.1, 0.15) is 17.7 Å². The lowest BCUT2D eigenvalue weighted by Gasteiger charge is -2.37. The molecule has 2 N–H and O–H groups in total. The topological polar surface area (TPSA) is 125 Å². The van der Waals surface area contributed by atoms with Gasteiger partial charge < -0.3 is 29.7 Å². The first kappa shape index (κ1) is 36.8. The summed E-state index contributed by atoms with van der Waals surface area (Å²) in [5.74, 6) is -3.07. The number of halogens is 1. The fourth-order valence-electron chi connectivity index (χ4n) is 7.30. The van der Waals surface area contributed by atoms with Crippen LogP contribution in [0.15, 0.2) is 55.6 Å². The Hall–Kier alpha value is -3.02. The maximum atomic E-state index is 14.5. The number of aliphatic hydroxyl groups is 1. The zero-order valence-electron chi connectivity index (χ0n) is 27.5. The molecule has 3 saturated heterocycles. The van der Waals surface area contributed by atoms with E-state index in [4.69, 9.17) is 9.47 Å². The van der Waals surface area contributed by atoms with E-state index in [1.54, 1.807) is 22.0 Å². The summed E-state index contributed by atoms with van der Waals surface area (Å²) in [5, 5.41) is 12.2. The van der Waals surface area contributed by atoms with E-state index in [-0.39, 0.29) is 42.1 Å². The normalized spacial score (nSPS) is 26.5. The molecule has 1 spiro atoms. The highest BCUT2D eigenvalue weighted by atomic mass is 79.9. The number of nitrogens with one attached hydrogen (secondary N) is 1. The molecule has 1 aromatic carbocycles. The number of amides is 3. The number of carbonyl (C=O) groups is 4. The van der Waals surface area contributed by atoms with Crippen LogP contribution >= 0.6 is 15.9 Å². The van der Waals surface area contributed by atoms with Crippen LogP contribution in [0, 0.1) is 11.8 Å². The van der Waals surface area contributed by atoms with E-state index in [1.807, 2.05) is 30.3 Å². The number of hydrogen-bond acceptors (Lipinski definition) is 7. The molecule has 11 heteroatoms. The Labute approximate surface area is 287 Å². The molecule has 3 fully saturated rings. The largest absolute Gasteiger partial charge is 0.455 e. The molecule has 3 heterocycles. The number of esters is 1. The van der Waals surface area contributed by atoms with Crippen LogP contribution in [0.25, 0.3) is 0 Å². The van der Waals surface area contributed by atoms with Gasteiger partial charge in [0.25, 0.3) is 0 Å². The van der Waals surface area contributed by atoms with Crippen molar-refractivity contribution in [3.05, 3.63) is 61.2 Å². The van der Waals surface area contributed by atoms with E-state index in [1.165, 1.54) is 0 Å². The highest BCUT2D eigenvalue weighted by molar-refractivity contribution is 9.09. The standard InChI is InChI=1S/C36H50BrN3O7/c1-4-7-13-20-39(19-6-3)34(44)32-36-23-26(37)31(47-36)29(30(36)33(43)40(32)21-14-10-15-22-41)35(45)46-27(25-16-11-9-12-17-25)24-38-28(42)18-8-5-2/h5-6,9,11-12,16-17,26-27,29-32,41H,2-4,7-8,10,13-15,18-24H2,1H3,(H,38,42)/t26?,27-,29-,30+,31-,32-,36+/m0/s1. The van der Waals surface area contributed by atoms with Gasteiger partial charge in [-0.25, -0.2) is 0 Å². The number of rotatable bonds is 20.